The number of carbonyl (C=O) groups is 1. The minimum Gasteiger partial charge on any atom is -0.378 e. The molecule has 0 bridgehead atoms. The zero-order valence-electron chi connectivity index (χ0n) is 12.4. The molecule has 0 aliphatic rings. The Morgan fingerprint density at radius 1 is 1.14 bits per heavy atom. The Kier molecular flexibility index (Phi) is 4.86. The number of hydrogen-bond donors (Lipinski definition) is 1. The van der Waals surface area contributed by atoms with Crippen LogP contribution in [0.4, 0.5) is 5.69 Å². The Hall–Kier alpha value is -2.00. The molecule has 0 aliphatic carbocycles. The third-order valence-electron chi connectivity index (χ3n) is 3.34. The van der Waals surface area contributed by atoms with Crippen LogP contribution in [0.1, 0.15) is 28.9 Å². The molecular weight excluding hydrogens is 284 g/mol. The summed E-state index contributed by atoms with van der Waals surface area (Å²) < 4.78 is 0. The van der Waals surface area contributed by atoms with Gasteiger partial charge in [-0.15, -0.1) is 0 Å². The van der Waals surface area contributed by atoms with Crippen molar-refractivity contribution in [2.45, 2.75) is 13.0 Å². The van der Waals surface area contributed by atoms with Crippen molar-refractivity contribution in [1.29, 1.82) is 0 Å². The number of amides is 1. The molecule has 2 rings (SSSR count). The van der Waals surface area contributed by atoms with Crippen LogP contribution < -0.4 is 10.2 Å². The maximum Gasteiger partial charge on any atom is 0.251 e. The normalized spacial score (nSPS) is 11.8. The molecule has 21 heavy (non-hydrogen) atoms. The molecule has 1 unspecified atom stereocenters. The molecule has 0 aromatic heterocycles. The van der Waals surface area contributed by atoms with E-state index in [1.54, 1.807) is 0 Å². The van der Waals surface area contributed by atoms with E-state index >= 15 is 0 Å². The van der Waals surface area contributed by atoms with Crippen LogP contribution in [-0.2, 0) is 0 Å². The molecule has 0 saturated heterocycles. The van der Waals surface area contributed by atoms with Crippen molar-refractivity contribution >= 4 is 23.2 Å². The highest BCUT2D eigenvalue weighted by atomic mass is 35.5. The highest BCUT2D eigenvalue weighted by molar-refractivity contribution is 6.31. The highest BCUT2D eigenvalue weighted by Crippen LogP contribution is 2.22. The van der Waals surface area contributed by atoms with E-state index in [1.165, 1.54) is 0 Å². The predicted molar refractivity (Wildman–Crippen MR) is 88.1 cm³/mol. The van der Waals surface area contributed by atoms with Crippen molar-refractivity contribution in [2.75, 3.05) is 19.0 Å². The second-order valence-electron chi connectivity index (χ2n) is 5.16. The molecule has 2 aromatic carbocycles. The second-order valence-corrected chi connectivity index (χ2v) is 5.57. The summed E-state index contributed by atoms with van der Waals surface area (Å²) in [5, 5.41) is 3.64. The Labute approximate surface area is 130 Å². The van der Waals surface area contributed by atoms with Gasteiger partial charge in [-0.1, -0.05) is 35.9 Å². The quantitative estimate of drug-likeness (QED) is 0.929. The molecule has 1 amide bonds. The highest BCUT2D eigenvalue weighted by Gasteiger charge is 2.14. The minimum atomic E-state index is -0.144. The summed E-state index contributed by atoms with van der Waals surface area (Å²) in [6, 6.07) is 14.9. The first-order valence-corrected chi connectivity index (χ1v) is 7.19. The van der Waals surface area contributed by atoms with Gasteiger partial charge in [-0.05, 0) is 36.8 Å². The van der Waals surface area contributed by atoms with Crippen LogP contribution in [0.2, 0.25) is 5.02 Å². The zero-order valence-corrected chi connectivity index (χ0v) is 13.2. The van der Waals surface area contributed by atoms with E-state index in [1.807, 2.05) is 74.4 Å². The standard InChI is InChI=1S/C17H19ClN2O/c1-12(15-9-4-5-10-16(15)18)19-17(21)13-7-6-8-14(11-13)20(2)3/h4-12H,1-3H3,(H,19,21). The number of nitrogens with one attached hydrogen (secondary N) is 1. The van der Waals surface area contributed by atoms with Crippen molar-refractivity contribution in [3.8, 4) is 0 Å². The second kappa shape index (κ2) is 6.64. The fourth-order valence-electron chi connectivity index (χ4n) is 2.11. The van der Waals surface area contributed by atoms with Crippen molar-refractivity contribution in [3.05, 3.63) is 64.7 Å². The smallest absolute Gasteiger partial charge is 0.251 e. The molecular formula is C17H19ClN2O. The van der Waals surface area contributed by atoms with E-state index in [9.17, 15) is 4.79 Å². The van der Waals surface area contributed by atoms with Crippen LogP contribution >= 0.6 is 11.6 Å². The Bertz CT molecular complexity index is 640. The van der Waals surface area contributed by atoms with Crippen LogP contribution in [0.5, 0.6) is 0 Å². The topological polar surface area (TPSA) is 32.3 Å². The monoisotopic (exact) mass is 302 g/mol. The van der Waals surface area contributed by atoms with Gasteiger partial charge in [0.2, 0.25) is 0 Å². The molecule has 0 spiro atoms. The van der Waals surface area contributed by atoms with Crippen LogP contribution in [0.25, 0.3) is 0 Å². The number of carbonyl (C=O) groups excluding carboxylic acids is 1. The fraction of sp³-hybridized carbons (Fsp3) is 0.235. The first kappa shape index (κ1) is 15.4. The fourth-order valence-corrected chi connectivity index (χ4v) is 2.41. The van der Waals surface area contributed by atoms with E-state index in [2.05, 4.69) is 5.32 Å². The van der Waals surface area contributed by atoms with Crippen molar-refractivity contribution < 1.29 is 4.79 Å². The lowest BCUT2D eigenvalue weighted by atomic mass is 10.1. The molecule has 110 valence electrons. The number of anilines is 1. The Morgan fingerprint density at radius 3 is 2.52 bits per heavy atom. The summed E-state index contributed by atoms with van der Waals surface area (Å²) in [5.74, 6) is -0.105. The summed E-state index contributed by atoms with van der Waals surface area (Å²) in [6.45, 7) is 1.93. The van der Waals surface area contributed by atoms with Gasteiger partial charge in [-0.3, -0.25) is 4.79 Å². The first-order valence-electron chi connectivity index (χ1n) is 6.81. The maximum atomic E-state index is 12.3. The number of nitrogens with zero attached hydrogens (tertiary/aromatic N) is 1. The average Bonchev–Trinajstić information content (AvgIpc) is 2.47. The number of rotatable bonds is 4. The number of benzene rings is 2. The molecule has 0 heterocycles. The van der Waals surface area contributed by atoms with Gasteiger partial charge in [-0.2, -0.15) is 0 Å². The summed E-state index contributed by atoms with van der Waals surface area (Å²) in [7, 11) is 3.90. The van der Waals surface area contributed by atoms with E-state index < -0.39 is 0 Å². The molecule has 1 atom stereocenters. The summed E-state index contributed by atoms with van der Waals surface area (Å²) in [4.78, 5) is 14.3. The number of hydrogen-bond acceptors (Lipinski definition) is 2. The van der Waals surface area contributed by atoms with E-state index in [0.29, 0.717) is 10.6 Å². The molecule has 0 radical (unpaired) electrons. The van der Waals surface area contributed by atoms with Gasteiger partial charge in [0.15, 0.2) is 0 Å². The SMILES string of the molecule is CC(NC(=O)c1cccc(N(C)C)c1)c1ccccc1Cl. The van der Waals surface area contributed by atoms with Crippen molar-refractivity contribution in [2.24, 2.45) is 0 Å². The van der Waals surface area contributed by atoms with Gasteiger partial charge in [0.1, 0.15) is 0 Å². The average molecular weight is 303 g/mol. The van der Waals surface area contributed by atoms with E-state index in [-0.39, 0.29) is 11.9 Å². The van der Waals surface area contributed by atoms with Gasteiger partial charge >= 0.3 is 0 Å². The molecule has 1 N–H and O–H groups in total. The van der Waals surface area contributed by atoms with Gasteiger partial charge in [-0.25, -0.2) is 0 Å². The third kappa shape index (κ3) is 3.76. The van der Waals surface area contributed by atoms with Crippen molar-refractivity contribution in [3.63, 3.8) is 0 Å². The lowest BCUT2D eigenvalue weighted by molar-refractivity contribution is 0.0940. The third-order valence-corrected chi connectivity index (χ3v) is 3.69. The molecule has 2 aromatic rings. The lowest BCUT2D eigenvalue weighted by Gasteiger charge is -2.17. The lowest BCUT2D eigenvalue weighted by Crippen LogP contribution is -2.27. The van der Waals surface area contributed by atoms with Crippen LogP contribution in [-0.4, -0.2) is 20.0 Å². The molecule has 0 aliphatic heterocycles. The van der Waals surface area contributed by atoms with Gasteiger partial charge < -0.3 is 10.2 Å². The Morgan fingerprint density at radius 2 is 1.86 bits per heavy atom. The largest absolute Gasteiger partial charge is 0.378 e. The van der Waals surface area contributed by atoms with Crippen LogP contribution in [0, 0.1) is 0 Å². The maximum absolute atomic E-state index is 12.3. The summed E-state index contributed by atoms with van der Waals surface area (Å²) >= 11 is 6.16. The van der Waals surface area contributed by atoms with Gasteiger partial charge in [0.05, 0.1) is 6.04 Å². The van der Waals surface area contributed by atoms with Crippen LogP contribution in [0.3, 0.4) is 0 Å². The van der Waals surface area contributed by atoms with Gasteiger partial charge in [0, 0.05) is 30.4 Å². The van der Waals surface area contributed by atoms with Gasteiger partial charge in [0.25, 0.3) is 5.91 Å². The molecule has 3 nitrogen and oxygen atoms in total. The Balaban J connectivity index is 2.15. The van der Waals surface area contributed by atoms with E-state index in [0.717, 1.165) is 11.3 Å². The van der Waals surface area contributed by atoms with Crippen molar-refractivity contribution in [1.82, 2.24) is 5.32 Å². The minimum absolute atomic E-state index is 0.105. The summed E-state index contributed by atoms with van der Waals surface area (Å²) in [5.41, 5.74) is 2.55. The molecule has 0 saturated carbocycles. The first-order chi connectivity index (χ1) is 9.99. The number of halogens is 1. The van der Waals surface area contributed by atoms with Crippen LogP contribution in [0.15, 0.2) is 48.5 Å². The van der Waals surface area contributed by atoms with E-state index in [4.69, 9.17) is 11.6 Å². The predicted octanol–water partition coefficient (Wildman–Crippen LogP) is 3.90. The summed E-state index contributed by atoms with van der Waals surface area (Å²) in [6.07, 6.45) is 0. The molecule has 0 fully saturated rings. The zero-order chi connectivity index (χ0) is 15.4. The molecule has 4 heteroatoms.